The summed E-state index contributed by atoms with van der Waals surface area (Å²) in [6.07, 6.45) is 0.980. The van der Waals surface area contributed by atoms with E-state index in [4.69, 9.17) is 18.0 Å². The van der Waals surface area contributed by atoms with Crippen LogP contribution in [0, 0.1) is 5.82 Å². The van der Waals surface area contributed by atoms with Crippen LogP contribution in [0.15, 0.2) is 18.2 Å². The molecule has 0 aliphatic rings. The van der Waals surface area contributed by atoms with Crippen LogP contribution < -0.4 is 11.1 Å². The Bertz CT molecular complexity index is 366. The first kappa shape index (κ1) is 11.9. The highest BCUT2D eigenvalue weighted by molar-refractivity contribution is 7.80. The van der Waals surface area contributed by atoms with Gasteiger partial charge in [0.25, 0.3) is 0 Å². The molecule has 1 aromatic carbocycles. The lowest BCUT2D eigenvalue weighted by molar-refractivity contribution is 0.627. The molecule has 0 aliphatic heterocycles. The fraction of sp³-hybridized carbons (Fsp3) is 0.364. The van der Waals surface area contributed by atoms with Gasteiger partial charge in [-0.1, -0.05) is 19.1 Å². The summed E-state index contributed by atoms with van der Waals surface area (Å²) in [6, 6.07) is 4.72. The van der Waals surface area contributed by atoms with E-state index in [0.29, 0.717) is 11.6 Å². The lowest BCUT2D eigenvalue weighted by Gasteiger charge is -2.16. The molecule has 0 aromatic heterocycles. The number of anilines is 1. The Labute approximate surface area is 94.7 Å². The second kappa shape index (κ2) is 5.07. The SMILES string of the molecule is CCC(C)Nc1ccc(F)cc1C(N)=S. The molecule has 0 saturated heterocycles. The minimum Gasteiger partial charge on any atom is -0.389 e. The largest absolute Gasteiger partial charge is 0.389 e. The van der Waals surface area contributed by atoms with Crippen LogP contribution in [0.2, 0.25) is 0 Å². The number of benzene rings is 1. The molecule has 0 saturated carbocycles. The van der Waals surface area contributed by atoms with Gasteiger partial charge >= 0.3 is 0 Å². The van der Waals surface area contributed by atoms with E-state index < -0.39 is 0 Å². The Hall–Kier alpha value is -1.16. The van der Waals surface area contributed by atoms with E-state index in [9.17, 15) is 4.39 Å². The third-order valence-electron chi connectivity index (χ3n) is 2.26. The van der Waals surface area contributed by atoms with E-state index in [1.165, 1.54) is 12.1 Å². The van der Waals surface area contributed by atoms with Gasteiger partial charge < -0.3 is 11.1 Å². The Morgan fingerprint density at radius 1 is 1.60 bits per heavy atom. The van der Waals surface area contributed by atoms with Crippen molar-refractivity contribution in [2.75, 3.05) is 5.32 Å². The molecule has 82 valence electrons. The highest BCUT2D eigenvalue weighted by atomic mass is 32.1. The standard InChI is InChI=1S/C11H15FN2S/c1-3-7(2)14-10-5-4-8(12)6-9(10)11(13)15/h4-7,14H,3H2,1-2H3,(H2,13,15). The Morgan fingerprint density at radius 2 is 2.27 bits per heavy atom. The van der Waals surface area contributed by atoms with E-state index in [1.807, 2.05) is 6.92 Å². The van der Waals surface area contributed by atoms with Gasteiger partial charge in [0, 0.05) is 17.3 Å². The highest BCUT2D eigenvalue weighted by Crippen LogP contribution is 2.18. The van der Waals surface area contributed by atoms with Gasteiger partial charge in [-0.25, -0.2) is 4.39 Å². The average molecular weight is 226 g/mol. The van der Waals surface area contributed by atoms with Crippen molar-refractivity contribution in [1.29, 1.82) is 0 Å². The van der Waals surface area contributed by atoms with E-state index in [0.717, 1.165) is 12.1 Å². The van der Waals surface area contributed by atoms with Gasteiger partial charge in [0.1, 0.15) is 10.8 Å². The molecular weight excluding hydrogens is 211 g/mol. The predicted octanol–water partition coefficient (Wildman–Crippen LogP) is 2.67. The Morgan fingerprint density at radius 3 is 2.80 bits per heavy atom. The molecular formula is C11H15FN2S. The van der Waals surface area contributed by atoms with Crippen molar-refractivity contribution in [2.24, 2.45) is 5.73 Å². The first-order valence-corrected chi connectivity index (χ1v) is 5.31. The molecule has 0 amide bonds. The average Bonchev–Trinajstić information content (AvgIpc) is 2.20. The second-order valence-corrected chi connectivity index (χ2v) is 3.95. The van der Waals surface area contributed by atoms with Gasteiger partial charge in [0.05, 0.1) is 0 Å². The number of thiocarbonyl (C=S) groups is 1. The summed E-state index contributed by atoms with van der Waals surface area (Å²) in [5.74, 6) is -0.326. The van der Waals surface area contributed by atoms with Crippen LogP contribution in [-0.2, 0) is 0 Å². The quantitative estimate of drug-likeness (QED) is 0.775. The van der Waals surface area contributed by atoms with Crippen molar-refractivity contribution in [3.63, 3.8) is 0 Å². The molecule has 4 heteroatoms. The number of hydrogen-bond acceptors (Lipinski definition) is 2. The third-order valence-corrected chi connectivity index (χ3v) is 2.48. The maximum absolute atomic E-state index is 13.0. The molecule has 1 rings (SSSR count). The Kier molecular flexibility index (Phi) is 4.03. The van der Waals surface area contributed by atoms with E-state index in [-0.39, 0.29) is 10.8 Å². The molecule has 0 heterocycles. The van der Waals surface area contributed by atoms with Crippen molar-refractivity contribution in [1.82, 2.24) is 0 Å². The van der Waals surface area contributed by atoms with Gasteiger partial charge in [0.2, 0.25) is 0 Å². The second-order valence-electron chi connectivity index (χ2n) is 3.51. The fourth-order valence-corrected chi connectivity index (χ4v) is 1.38. The van der Waals surface area contributed by atoms with Gasteiger partial charge in [-0.05, 0) is 31.5 Å². The van der Waals surface area contributed by atoms with Crippen LogP contribution in [0.25, 0.3) is 0 Å². The zero-order chi connectivity index (χ0) is 11.4. The van der Waals surface area contributed by atoms with Crippen molar-refractivity contribution in [3.05, 3.63) is 29.6 Å². The first-order valence-electron chi connectivity index (χ1n) is 4.90. The van der Waals surface area contributed by atoms with Crippen molar-refractivity contribution >= 4 is 22.9 Å². The van der Waals surface area contributed by atoms with Crippen LogP contribution in [0.1, 0.15) is 25.8 Å². The topological polar surface area (TPSA) is 38.0 Å². The van der Waals surface area contributed by atoms with Gasteiger partial charge in [-0.2, -0.15) is 0 Å². The summed E-state index contributed by atoms with van der Waals surface area (Å²) >= 11 is 4.87. The van der Waals surface area contributed by atoms with Gasteiger partial charge in [-0.15, -0.1) is 0 Å². The molecule has 0 radical (unpaired) electrons. The maximum Gasteiger partial charge on any atom is 0.124 e. The van der Waals surface area contributed by atoms with E-state index >= 15 is 0 Å². The minimum absolute atomic E-state index is 0.209. The predicted molar refractivity (Wildman–Crippen MR) is 65.7 cm³/mol. The number of nitrogens with two attached hydrogens (primary N) is 1. The normalized spacial score (nSPS) is 12.2. The Balaban J connectivity index is 3.01. The monoisotopic (exact) mass is 226 g/mol. The summed E-state index contributed by atoms with van der Waals surface area (Å²) in [6.45, 7) is 4.12. The molecule has 0 bridgehead atoms. The van der Waals surface area contributed by atoms with E-state index in [1.54, 1.807) is 6.07 Å². The fourth-order valence-electron chi connectivity index (χ4n) is 1.21. The number of nitrogens with one attached hydrogen (secondary N) is 1. The number of halogens is 1. The molecule has 1 unspecified atom stereocenters. The zero-order valence-electron chi connectivity index (χ0n) is 8.88. The van der Waals surface area contributed by atoms with E-state index in [2.05, 4.69) is 12.2 Å². The van der Waals surface area contributed by atoms with Crippen molar-refractivity contribution in [3.8, 4) is 0 Å². The summed E-state index contributed by atoms with van der Waals surface area (Å²) in [7, 11) is 0. The molecule has 15 heavy (non-hydrogen) atoms. The molecule has 2 nitrogen and oxygen atoms in total. The van der Waals surface area contributed by atoms with Crippen LogP contribution >= 0.6 is 12.2 Å². The smallest absolute Gasteiger partial charge is 0.124 e. The first-order chi connectivity index (χ1) is 7.04. The third kappa shape index (κ3) is 3.16. The number of hydrogen-bond donors (Lipinski definition) is 2. The summed E-state index contributed by atoms with van der Waals surface area (Å²) < 4.78 is 13.0. The molecule has 1 atom stereocenters. The number of rotatable bonds is 4. The van der Waals surface area contributed by atoms with Crippen LogP contribution in [0.4, 0.5) is 10.1 Å². The van der Waals surface area contributed by atoms with Crippen LogP contribution in [0.3, 0.4) is 0 Å². The van der Waals surface area contributed by atoms with Crippen molar-refractivity contribution < 1.29 is 4.39 Å². The molecule has 0 aliphatic carbocycles. The lowest BCUT2D eigenvalue weighted by Crippen LogP contribution is -2.18. The van der Waals surface area contributed by atoms with Gasteiger partial charge in [-0.3, -0.25) is 0 Å². The van der Waals surface area contributed by atoms with Crippen LogP contribution in [0.5, 0.6) is 0 Å². The minimum atomic E-state index is -0.326. The molecule has 0 fully saturated rings. The summed E-state index contributed by atoms with van der Waals surface area (Å²) in [5.41, 5.74) is 6.88. The highest BCUT2D eigenvalue weighted by Gasteiger charge is 2.08. The summed E-state index contributed by atoms with van der Waals surface area (Å²) in [4.78, 5) is 0.209. The maximum atomic E-state index is 13.0. The van der Waals surface area contributed by atoms with Crippen molar-refractivity contribution in [2.45, 2.75) is 26.3 Å². The lowest BCUT2D eigenvalue weighted by atomic mass is 10.1. The van der Waals surface area contributed by atoms with Gasteiger partial charge in [0.15, 0.2) is 0 Å². The molecule has 1 aromatic rings. The molecule has 0 spiro atoms. The van der Waals surface area contributed by atoms with Crippen LogP contribution in [-0.4, -0.2) is 11.0 Å². The summed E-state index contributed by atoms with van der Waals surface area (Å²) in [5, 5.41) is 3.23. The molecule has 3 N–H and O–H groups in total. The zero-order valence-corrected chi connectivity index (χ0v) is 9.70.